The van der Waals surface area contributed by atoms with Gasteiger partial charge in [0.05, 0.1) is 24.1 Å². The molecule has 0 aliphatic carbocycles. The van der Waals surface area contributed by atoms with Crippen molar-refractivity contribution in [1.29, 1.82) is 0 Å². The number of alkyl halides is 3. The van der Waals surface area contributed by atoms with Crippen LogP contribution >= 0.6 is 0 Å². The van der Waals surface area contributed by atoms with E-state index < -0.39 is 17.6 Å². The van der Waals surface area contributed by atoms with Gasteiger partial charge in [-0.1, -0.05) is 6.07 Å². The van der Waals surface area contributed by atoms with Gasteiger partial charge in [0.1, 0.15) is 0 Å². The first-order valence-corrected chi connectivity index (χ1v) is 7.36. The van der Waals surface area contributed by atoms with Crippen molar-refractivity contribution >= 4 is 5.91 Å². The van der Waals surface area contributed by atoms with E-state index in [0.29, 0.717) is 18.8 Å². The third-order valence-electron chi connectivity index (χ3n) is 3.46. The number of halogens is 3. The molecule has 0 saturated heterocycles. The summed E-state index contributed by atoms with van der Waals surface area (Å²) in [5.74, 6) is -0.447. The van der Waals surface area contributed by atoms with Crippen LogP contribution in [0, 0.1) is 0 Å². The summed E-state index contributed by atoms with van der Waals surface area (Å²) >= 11 is 0. The SMILES string of the molecule is CN(C)CCN(Cc1cnc[nH]1)C(=O)c1cccc(C(F)(F)F)c1. The Hall–Kier alpha value is -2.35. The number of carbonyl (C=O) groups excluding carboxylic acids is 1. The van der Waals surface area contributed by atoms with E-state index in [4.69, 9.17) is 0 Å². The van der Waals surface area contributed by atoms with E-state index in [1.54, 1.807) is 6.20 Å². The van der Waals surface area contributed by atoms with Gasteiger partial charge in [0.2, 0.25) is 0 Å². The molecule has 24 heavy (non-hydrogen) atoms. The van der Waals surface area contributed by atoms with E-state index >= 15 is 0 Å². The van der Waals surface area contributed by atoms with Gasteiger partial charge in [-0.05, 0) is 32.3 Å². The van der Waals surface area contributed by atoms with Crippen LogP contribution in [0.1, 0.15) is 21.6 Å². The minimum Gasteiger partial charge on any atom is -0.347 e. The predicted molar refractivity (Wildman–Crippen MR) is 83.3 cm³/mol. The number of imidazole rings is 1. The lowest BCUT2D eigenvalue weighted by atomic mass is 10.1. The molecule has 130 valence electrons. The summed E-state index contributed by atoms with van der Waals surface area (Å²) < 4.78 is 38.5. The Kier molecular flexibility index (Phi) is 5.61. The quantitative estimate of drug-likeness (QED) is 0.880. The van der Waals surface area contributed by atoms with Gasteiger partial charge in [-0.3, -0.25) is 4.79 Å². The van der Waals surface area contributed by atoms with Gasteiger partial charge in [-0.25, -0.2) is 4.98 Å². The van der Waals surface area contributed by atoms with Crippen LogP contribution in [0.3, 0.4) is 0 Å². The zero-order chi connectivity index (χ0) is 17.7. The molecule has 0 bridgehead atoms. The van der Waals surface area contributed by atoms with Crippen molar-refractivity contribution in [1.82, 2.24) is 19.8 Å². The number of aromatic amines is 1. The van der Waals surface area contributed by atoms with Crippen LogP contribution in [0.2, 0.25) is 0 Å². The van der Waals surface area contributed by atoms with Crippen molar-refractivity contribution in [3.05, 3.63) is 53.6 Å². The molecule has 1 heterocycles. The Morgan fingerprint density at radius 3 is 2.58 bits per heavy atom. The van der Waals surface area contributed by atoms with Gasteiger partial charge >= 0.3 is 6.18 Å². The molecular weight excluding hydrogens is 321 g/mol. The molecule has 0 atom stereocenters. The van der Waals surface area contributed by atoms with Crippen LogP contribution in [0.4, 0.5) is 13.2 Å². The molecule has 0 unspecified atom stereocenters. The van der Waals surface area contributed by atoms with Gasteiger partial charge in [-0.15, -0.1) is 0 Å². The third kappa shape index (κ3) is 4.82. The van der Waals surface area contributed by atoms with Crippen LogP contribution < -0.4 is 0 Å². The number of aromatic nitrogens is 2. The largest absolute Gasteiger partial charge is 0.416 e. The Morgan fingerprint density at radius 1 is 1.25 bits per heavy atom. The lowest BCUT2D eigenvalue weighted by Crippen LogP contribution is -2.36. The first-order valence-electron chi connectivity index (χ1n) is 7.36. The highest BCUT2D eigenvalue weighted by molar-refractivity contribution is 5.94. The number of hydrogen-bond donors (Lipinski definition) is 1. The van der Waals surface area contributed by atoms with Crippen LogP contribution in [0.25, 0.3) is 0 Å². The number of amides is 1. The number of benzene rings is 1. The summed E-state index contributed by atoms with van der Waals surface area (Å²) in [6, 6.07) is 4.48. The highest BCUT2D eigenvalue weighted by atomic mass is 19.4. The first-order chi connectivity index (χ1) is 11.3. The Balaban J connectivity index is 2.23. The lowest BCUT2D eigenvalue weighted by Gasteiger charge is -2.24. The molecule has 0 fully saturated rings. The Labute approximate surface area is 138 Å². The summed E-state index contributed by atoms with van der Waals surface area (Å²) in [5.41, 5.74) is -0.0976. The van der Waals surface area contributed by atoms with E-state index in [1.165, 1.54) is 23.4 Å². The van der Waals surface area contributed by atoms with Crippen LogP contribution in [-0.2, 0) is 12.7 Å². The highest BCUT2D eigenvalue weighted by Gasteiger charge is 2.31. The molecule has 1 aromatic carbocycles. The number of nitrogens with zero attached hydrogens (tertiary/aromatic N) is 3. The van der Waals surface area contributed by atoms with Gasteiger partial charge in [0.25, 0.3) is 5.91 Å². The van der Waals surface area contributed by atoms with Crippen molar-refractivity contribution in [3.63, 3.8) is 0 Å². The number of nitrogens with one attached hydrogen (secondary N) is 1. The average Bonchev–Trinajstić information content (AvgIpc) is 3.03. The number of H-pyrrole nitrogens is 1. The van der Waals surface area contributed by atoms with Gasteiger partial charge in [-0.2, -0.15) is 13.2 Å². The zero-order valence-corrected chi connectivity index (χ0v) is 13.5. The zero-order valence-electron chi connectivity index (χ0n) is 13.5. The molecule has 2 rings (SSSR count). The van der Waals surface area contributed by atoms with Crippen LogP contribution in [0.15, 0.2) is 36.8 Å². The molecule has 5 nitrogen and oxygen atoms in total. The fraction of sp³-hybridized carbons (Fsp3) is 0.375. The van der Waals surface area contributed by atoms with E-state index in [-0.39, 0.29) is 12.1 Å². The molecule has 0 aliphatic rings. The maximum absolute atomic E-state index is 12.8. The molecule has 0 spiro atoms. The minimum atomic E-state index is -4.48. The van der Waals surface area contributed by atoms with Crippen molar-refractivity contribution in [2.45, 2.75) is 12.7 Å². The molecule has 0 saturated carbocycles. The van der Waals surface area contributed by atoms with Crippen LogP contribution in [-0.4, -0.2) is 52.9 Å². The molecule has 8 heteroatoms. The number of rotatable bonds is 6. The first kappa shape index (κ1) is 18.0. The molecule has 1 amide bonds. The summed E-state index contributed by atoms with van der Waals surface area (Å²) in [4.78, 5) is 22.9. The lowest BCUT2D eigenvalue weighted by molar-refractivity contribution is -0.137. The summed E-state index contributed by atoms with van der Waals surface area (Å²) in [6.45, 7) is 1.24. The number of hydrogen-bond acceptors (Lipinski definition) is 3. The summed E-state index contributed by atoms with van der Waals surface area (Å²) in [5, 5.41) is 0. The molecular formula is C16H19F3N4O. The topological polar surface area (TPSA) is 52.2 Å². The maximum Gasteiger partial charge on any atom is 0.416 e. The summed E-state index contributed by atoms with van der Waals surface area (Å²) in [6.07, 6.45) is -1.40. The summed E-state index contributed by atoms with van der Waals surface area (Å²) in [7, 11) is 3.73. The van der Waals surface area contributed by atoms with Gasteiger partial charge in [0.15, 0.2) is 0 Å². The molecule has 2 aromatic rings. The normalized spacial score (nSPS) is 11.8. The smallest absolute Gasteiger partial charge is 0.347 e. The molecule has 0 aliphatic heterocycles. The Morgan fingerprint density at radius 2 is 2.00 bits per heavy atom. The predicted octanol–water partition coefficient (Wildman–Crippen LogP) is 2.63. The number of likely N-dealkylation sites (N-methyl/N-ethyl adjacent to an activating group) is 1. The third-order valence-corrected chi connectivity index (χ3v) is 3.46. The highest BCUT2D eigenvalue weighted by Crippen LogP contribution is 2.29. The van der Waals surface area contributed by atoms with E-state index in [9.17, 15) is 18.0 Å². The minimum absolute atomic E-state index is 0.0168. The monoisotopic (exact) mass is 340 g/mol. The second-order valence-corrected chi connectivity index (χ2v) is 5.69. The molecule has 0 radical (unpaired) electrons. The van der Waals surface area contributed by atoms with Crippen molar-refractivity contribution in [2.75, 3.05) is 27.2 Å². The molecule has 1 N–H and O–H groups in total. The van der Waals surface area contributed by atoms with E-state index in [0.717, 1.165) is 12.1 Å². The van der Waals surface area contributed by atoms with Crippen molar-refractivity contribution in [2.24, 2.45) is 0 Å². The van der Waals surface area contributed by atoms with Gasteiger partial charge in [0, 0.05) is 24.8 Å². The van der Waals surface area contributed by atoms with Crippen molar-refractivity contribution in [3.8, 4) is 0 Å². The fourth-order valence-electron chi connectivity index (χ4n) is 2.16. The van der Waals surface area contributed by atoms with E-state index in [2.05, 4.69) is 9.97 Å². The fourth-order valence-corrected chi connectivity index (χ4v) is 2.16. The number of carbonyl (C=O) groups is 1. The second kappa shape index (κ2) is 7.48. The standard InChI is InChI=1S/C16H19F3N4O/c1-22(2)6-7-23(10-14-9-20-11-21-14)15(24)12-4-3-5-13(8-12)16(17,18)19/h3-5,8-9,11H,6-7,10H2,1-2H3,(H,20,21). The van der Waals surface area contributed by atoms with Crippen molar-refractivity contribution < 1.29 is 18.0 Å². The molecule has 1 aromatic heterocycles. The van der Waals surface area contributed by atoms with E-state index in [1.807, 2.05) is 19.0 Å². The van der Waals surface area contributed by atoms with Gasteiger partial charge < -0.3 is 14.8 Å². The van der Waals surface area contributed by atoms with Crippen LogP contribution in [0.5, 0.6) is 0 Å². The Bertz CT molecular complexity index is 668. The second-order valence-electron chi connectivity index (χ2n) is 5.69. The maximum atomic E-state index is 12.8. The average molecular weight is 340 g/mol.